The summed E-state index contributed by atoms with van der Waals surface area (Å²) in [5, 5.41) is 72.9. The van der Waals surface area contributed by atoms with Gasteiger partial charge < -0.3 is 59.3 Å². The van der Waals surface area contributed by atoms with Crippen LogP contribution >= 0.6 is 22.6 Å². The summed E-state index contributed by atoms with van der Waals surface area (Å²) in [7, 11) is 0.960. The summed E-state index contributed by atoms with van der Waals surface area (Å²) in [4.78, 5) is 30.8. The van der Waals surface area contributed by atoms with Crippen molar-refractivity contribution in [3.8, 4) is 23.0 Å². The van der Waals surface area contributed by atoms with Gasteiger partial charge in [0.25, 0.3) is 0 Å². The van der Waals surface area contributed by atoms with Crippen molar-refractivity contribution in [2.45, 2.75) is 50.5 Å². The van der Waals surface area contributed by atoms with Crippen LogP contribution in [0.5, 0.6) is 23.0 Å². The molecule has 15 nitrogen and oxygen atoms in total. The van der Waals surface area contributed by atoms with Gasteiger partial charge >= 0.3 is 5.97 Å². The number of carbonyl (C=O) groups is 1. The van der Waals surface area contributed by atoms with Crippen LogP contribution in [0.3, 0.4) is 0 Å². The Labute approximate surface area is 245 Å². The van der Waals surface area contributed by atoms with Gasteiger partial charge in [0.2, 0.25) is 23.2 Å². The zero-order valence-corrected chi connectivity index (χ0v) is 23.7. The molecule has 41 heavy (non-hydrogen) atoms. The average molecular weight is 692 g/mol. The topological polar surface area (TPSA) is 232 Å². The molecule has 4 rings (SSSR count). The minimum atomic E-state index is -2.06. The number of allylic oxidation sites excluding steroid dienone is 4. The Morgan fingerprint density at radius 3 is 2.54 bits per heavy atom. The maximum Gasteiger partial charge on any atom is 0.335 e. The number of hydrogen-bond acceptors (Lipinski definition) is 14. The van der Waals surface area contributed by atoms with E-state index in [0.29, 0.717) is 5.57 Å². The normalized spacial score (nSPS) is 26.8. The molecule has 2 aliphatic rings. The third-order valence-corrected chi connectivity index (χ3v) is 6.86. The minimum absolute atomic E-state index is 0.00333. The van der Waals surface area contributed by atoms with Gasteiger partial charge in [-0.05, 0) is 47.7 Å². The van der Waals surface area contributed by atoms with Crippen molar-refractivity contribution in [2.75, 3.05) is 11.7 Å². The van der Waals surface area contributed by atoms with E-state index in [1.807, 2.05) is 22.6 Å². The lowest BCUT2D eigenvalue weighted by atomic mass is 9.92. The Balaban J connectivity index is 1.95. The summed E-state index contributed by atoms with van der Waals surface area (Å²) in [5.74, 6) is -4.58. The number of rotatable bonds is 8. The second-order valence-electron chi connectivity index (χ2n) is 9.44. The van der Waals surface area contributed by atoms with Crippen LogP contribution in [0.1, 0.15) is 25.5 Å². The highest BCUT2D eigenvalue weighted by Gasteiger charge is 2.45. The average Bonchev–Trinajstić information content (AvgIpc) is 3.00. The zero-order valence-electron chi connectivity index (χ0n) is 21.6. The number of aliphatic carboxylic acids is 1. The van der Waals surface area contributed by atoms with Crippen molar-refractivity contribution in [3.63, 3.8) is 0 Å². The number of hydrogen-bond donors (Lipinski definition) is 6. The van der Waals surface area contributed by atoms with Crippen LogP contribution in [0.25, 0.3) is 16.5 Å². The van der Waals surface area contributed by atoms with E-state index >= 15 is 0 Å². The van der Waals surface area contributed by atoms with Crippen molar-refractivity contribution in [1.82, 2.24) is 5.23 Å². The highest BCUT2D eigenvalue weighted by molar-refractivity contribution is 14.1. The number of nitrogens with zero attached hydrogens (tertiary/aromatic N) is 1. The number of phenolic OH excluding ortho intramolecular Hbond substituents is 2. The summed E-state index contributed by atoms with van der Waals surface area (Å²) in [6, 6.07) is 1.05. The fraction of sp³-hybridized carbons (Fsp3) is 0.440. The van der Waals surface area contributed by atoms with Gasteiger partial charge in [-0.25, -0.2) is 4.79 Å². The molecule has 2 aromatic rings. The van der Waals surface area contributed by atoms with E-state index in [9.17, 15) is 45.4 Å². The largest absolute Gasteiger partial charge is 0.762 e. The first-order valence-corrected chi connectivity index (χ1v) is 13.7. The monoisotopic (exact) mass is 692 g/mol. The van der Waals surface area contributed by atoms with Gasteiger partial charge in [0.1, 0.15) is 27.8 Å². The molecule has 6 N–H and O–H groups in total. The van der Waals surface area contributed by atoms with Crippen LogP contribution in [0.4, 0.5) is 0 Å². The van der Waals surface area contributed by atoms with Crippen LogP contribution in [-0.2, 0) is 14.4 Å². The van der Waals surface area contributed by atoms with Crippen molar-refractivity contribution in [3.05, 3.63) is 45.2 Å². The van der Waals surface area contributed by atoms with E-state index in [1.165, 1.54) is 12.2 Å². The number of aliphatic hydroxyl groups is 3. The Bertz CT molecular complexity index is 1440. The van der Waals surface area contributed by atoms with Crippen molar-refractivity contribution in [2.24, 2.45) is 5.92 Å². The number of aromatic hydroxyl groups is 2. The molecule has 224 valence electrons. The van der Waals surface area contributed by atoms with E-state index in [-0.39, 0.29) is 33.4 Å². The van der Waals surface area contributed by atoms with Crippen LogP contribution in [0, 0.1) is 11.1 Å². The fourth-order valence-electron chi connectivity index (χ4n) is 4.53. The Hall–Kier alpha value is -3.13. The molecule has 0 spiro atoms. The van der Waals surface area contributed by atoms with E-state index in [4.69, 9.17) is 23.5 Å². The molecule has 0 bridgehead atoms. The lowest BCUT2D eigenvalue weighted by molar-refractivity contribution is -0.245. The van der Waals surface area contributed by atoms with E-state index in [1.54, 1.807) is 6.92 Å². The van der Waals surface area contributed by atoms with Gasteiger partial charge in [0, 0.05) is 18.4 Å². The second-order valence-corrected chi connectivity index (χ2v) is 10.1. The lowest BCUT2D eigenvalue weighted by Gasteiger charge is -2.32. The maximum atomic E-state index is 13.9. The molecule has 1 aromatic heterocycles. The third kappa shape index (κ3) is 6.22. The molecule has 1 aliphatic heterocycles. The molecule has 16 heteroatoms. The molecule has 4 unspecified atom stereocenters. The Morgan fingerprint density at radius 1 is 1.22 bits per heavy atom. The van der Waals surface area contributed by atoms with E-state index in [2.05, 4.69) is 0 Å². The number of alkyl halides is 1. The van der Waals surface area contributed by atoms with Crippen molar-refractivity contribution >= 4 is 45.1 Å². The van der Waals surface area contributed by atoms with Crippen LogP contribution < -0.4 is 14.9 Å². The SMILES string of the molecule is CC1CC(c2oc3cc(O)c(OCI)c(O)c3c(=O)c2O[C@@H]2OC(C(=O)O)C(O)C(O)C[C@@H]2ON(C)[O-])=CC=C1O. The molecule has 1 aliphatic carbocycles. The fourth-order valence-corrected chi connectivity index (χ4v) is 4.84. The summed E-state index contributed by atoms with van der Waals surface area (Å²) >= 11 is 1.81. The van der Waals surface area contributed by atoms with Crippen LogP contribution in [0.2, 0.25) is 0 Å². The second kappa shape index (κ2) is 12.4. The van der Waals surface area contributed by atoms with E-state index < -0.39 is 82.8 Å². The maximum absolute atomic E-state index is 13.9. The molecule has 2 heterocycles. The van der Waals surface area contributed by atoms with E-state index in [0.717, 1.165) is 13.1 Å². The van der Waals surface area contributed by atoms with Gasteiger partial charge in [-0.15, -0.1) is 0 Å². The number of carboxylic acid groups (broad SMARTS) is 1. The number of ether oxygens (including phenoxy) is 3. The molecule has 0 saturated carbocycles. The highest BCUT2D eigenvalue weighted by atomic mass is 127. The molecular weight excluding hydrogens is 665 g/mol. The van der Waals surface area contributed by atoms with Gasteiger partial charge in [0.05, 0.1) is 11.9 Å². The zero-order chi connectivity index (χ0) is 30.2. The third-order valence-electron chi connectivity index (χ3n) is 6.55. The first-order valence-electron chi connectivity index (χ1n) is 12.2. The predicted molar refractivity (Wildman–Crippen MR) is 147 cm³/mol. The van der Waals surface area contributed by atoms with Gasteiger partial charge in [0.15, 0.2) is 23.4 Å². The first-order chi connectivity index (χ1) is 19.3. The number of fused-ring (bicyclic) bond motifs is 1. The smallest absolute Gasteiger partial charge is 0.335 e. The first kappa shape index (κ1) is 30.8. The summed E-state index contributed by atoms with van der Waals surface area (Å²) in [5.41, 5.74) is -0.930. The Morgan fingerprint density at radius 2 is 1.93 bits per heavy atom. The standard InChI is InChI=1S/C25H27INO14/c1-9-5-10(3-4-11(9)28)20-22(19(33)16-14(38-20)7-13(30)21(18(16)32)37-8-26)39-25-15(41-27(2)36)6-12(29)17(31)23(40-25)24(34)35/h3-4,7,9,12,15,17,23,25,28-32H,5-6,8H2,1-2H3,(H,34,35)/q-1/t9?,12?,15-,17?,23?,25+/m0/s1. The van der Waals surface area contributed by atoms with Gasteiger partial charge in [-0.1, -0.05) is 13.0 Å². The lowest BCUT2D eigenvalue weighted by Crippen LogP contribution is -2.44. The highest BCUT2D eigenvalue weighted by Crippen LogP contribution is 2.44. The number of carboxylic acids is 1. The molecular formula is C25H27INO14-. The molecule has 6 atom stereocenters. The predicted octanol–water partition coefficient (Wildman–Crippen LogP) is 1.87. The van der Waals surface area contributed by atoms with Crippen LogP contribution in [-0.4, -0.2) is 84.2 Å². The minimum Gasteiger partial charge on any atom is -0.762 e. The quantitative estimate of drug-likeness (QED) is 0.132. The number of phenols is 2. The molecule has 1 aromatic carbocycles. The number of benzene rings is 1. The van der Waals surface area contributed by atoms with Gasteiger partial charge in [-0.3, -0.25) is 10.0 Å². The Kier molecular flexibility index (Phi) is 9.32. The number of hydroxylamine groups is 2. The summed E-state index contributed by atoms with van der Waals surface area (Å²) in [6.07, 6.45) is -6.73. The van der Waals surface area contributed by atoms with Crippen molar-refractivity contribution in [1.29, 1.82) is 0 Å². The van der Waals surface area contributed by atoms with Crippen LogP contribution in [0.15, 0.2) is 33.2 Å². The molecule has 0 radical (unpaired) electrons. The summed E-state index contributed by atoms with van der Waals surface area (Å²) in [6.45, 7) is 1.70. The van der Waals surface area contributed by atoms with Gasteiger partial charge in [-0.2, -0.15) is 0 Å². The summed E-state index contributed by atoms with van der Waals surface area (Å²) < 4.78 is 22.5. The van der Waals surface area contributed by atoms with Crippen molar-refractivity contribution < 1.29 is 58.9 Å². The molecule has 1 fully saturated rings. The number of halogens is 1. The molecule has 1 saturated heterocycles. The number of aliphatic hydroxyl groups excluding tert-OH is 3. The molecule has 0 amide bonds.